The number of alkyl halides is 1. The summed E-state index contributed by atoms with van der Waals surface area (Å²) in [7, 11) is 0. The van der Waals surface area contributed by atoms with Gasteiger partial charge in [-0.05, 0) is 25.1 Å². The normalized spacial score (nSPS) is 10.5. The fourth-order valence-electron chi connectivity index (χ4n) is 1.66. The number of nitrogens with zero attached hydrogens (tertiary/aromatic N) is 2. The van der Waals surface area contributed by atoms with Crippen LogP contribution in [0, 0.1) is 5.82 Å². The number of halogens is 2. The van der Waals surface area contributed by atoms with Gasteiger partial charge in [0.05, 0.1) is 5.88 Å². The van der Waals surface area contributed by atoms with Crippen molar-refractivity contribution in [1.82, 2.24) is 4.98 Å². The van der Waals surface area contributed by atoms with E-state index in [1.54, 1.807) is 17.5 Å². The van der Waals surface area contributed by atoms with E-state index in [2.05, 4.69) is 4.98 Å². The van der Waals surface area contributed by atoms with Crippen molar-refractivity contribution in [3.8, 4) is 0 Å². The molecular formula is C13H12ClFN2OS. The number of carbonyl (C=O) groups is 1. The first-order chi connectivity index (χ1) is 9.15. The minimum absolute atomic E-state index is 0.0880. The lowest BCUT2D eigenvalue weighted by Gasteiger charge is -2.19. The average molecular weight is 299 g/mol. The van der Waals surface area contributed by atoms with Gasteiger partial charge in [0.25, 0.3) is 0 Å². The molecule has 0 spiro atoms. The van der Waals surface area contributed by atoms with Gasteiger partial charge in [-0.25, -0.2) is 9.37 Å². The van der Waals surface area contributed by atoms with Gasteiger partial charge in [0.2, 0.25) is 0 Å². The zero-order chi connectivity index (χ0) is 13.8. The topological polar surface area (TPSA) is 33.2 Å². The summed E-state index contributed by atoms with van der Waals surface area (Å²) in [5.74, 6) is -0.598. The number of carbonyl (C=O) groups excluding carboxylic acids is 1. The second kappa shape index (κ2) is 6.12. The molecule has 0 amide bonds. The first-order valence-corrected chi connectivity index (χ1v) is 7.15. The number of benzene rings is 1. The van der Waals surface area contributed by atoms with Crippen molar-refractivity contribution in [2.75, 3.05) is 17.3 Å². The van der Waals surface area contributed by atoms with Crippen LogP contribution in [-0.2, 0) is 0 Å². The predicted octanol–water partition coefficient (Wildman–Crippen LogP) is 3.86. The smallest absolute Gasteiger partial charge is 0.196 e. The Labute approximate surface area is 119 Å². The minimum atomic E-state index is -0.301. The number of aromatic nitrogens is 1. The number of hydrogen-bond acceptors (Lipinski definition) is 4. The highest BCUT2D eigenvalue weighted by atomic mass is 35.5. The molecule has 0 atom stereocenters. The van der Waals surface area contributed by atoms with Crippen molar-refractivity contribution in [2.45, 2.75) is 6.92 Å². The first kappa shape index (κ1) is 14.0. The number of ketones is 1. The molecule has 0 saturated heterocycles. The maximum absolute atomic E-state index is 13.3. The Morgan fingerprint density at radius 2 is 2.32 bits per heavy atom. The van der Waals surface area contributed by atoms with Gasteiger partial charge in [0.15, 0.2) is 10.9 Å². The standard InChI is InChI=1S/C13H12ClFN2OS/c1-2-17(10-5-3-4-9(15)6-10)13-16-11(8-19-13)12(18)7-14/h3-6,8H,2,7H2,1H3. The van der Waals surface area contributed by atoms with E-state index in [1.807, 2.05) is 11.8 Å². The van der Waals surface area contributed by atoms with E-state index in [0.29, 0.717) is 23.1 Å². The monoisotopic (exact) mass is 298 g/mol. The summed E-state index contributed by atoms with van der Waals surface area (Å²) in [4.78, 5) is 17.6. The summed E-state index contributed by atoms with van der Waals surface area (Å²) in [6.07, 6.45) is 0. The Bertz CT molecular complexity index is 588. The molecule has 100 valence electrons. The average Bonchev–Trinajstić information content (AvgIpc) is 2.88. The van der Waals surface area contributed by atoms with Gasteiger partial charge in [0, 0.05) is 17.6 Å². The third-order valence-electron chi connectivity index (χ3n) is 2.57. The predicted molar refractivity (Wildman–Crippen MR) is 76.2 cm³/mol. The molecule has 19 heavy (non-hydrogen) atoms. The molecule has 1 aromatic heterocycles. The lowest BCUT2D eigenvalue weighted by atomic mass is 10.3. The number of anilines is 2. The minimum Gasteiger partial charge on any atom is -0.318 e. The Morgan fingerprint density at radius 3 is 2.95 bits per heavy atom. The molecule has 0 fully saturated rings. The van der Waals surface area contributed by atoms with Crippen molar-refractivity contribution in [3.05, 3.63) is 41.2 Å². The number of thiazole rings is 1. The van der Waals surface area contributed by atoms with Gasteiger partial charge >= 0.3 is 0 Å². The van der Waals surface area contributed by atoms with Crippen LogP contribution in [0.15, 0.2) is 29.6 Å². The summed E-state index contributed by atoms with van der Waals surface area (Å²) < 4.78 is 13.3. The highest BCUT2D eigenvalue weighted by Gasteiger charge is 2.15. The van der Waals surface area contributed by atoms with E-state index in [-0.39, 0.29) is 17.5 Å². The number of hydrogen-bond donors (Lipinski definition) is 0. The lowest BCUT2D eigenvalue weighted by Crippen LogP contribution is -2.16. The molecule has 0 aliphatic heterocycles. The Hall–Kier alpha value is -1.46. The third-order valence-corrected chi connectivity index (χ3v) is 3.67. The van der Waals surface area contributed by atoms with Crippen molar-refractivity contribution >= 4 is 39.5 Å². The number of rotatable bonds is 5. The maximum atomic E-state index is 13.3. The van der Waals surface area contributed by atoms with Gasteiger partial charge in [-0.3, -0.25) is 4.79 Å². The highest BCUT2D eigenvalue weighted by molar-refractivity contribution is 7.14. The van der Waals surface area contributed by atoms with E-state index in [4.69, 9.17) is 11.6 Å². The van der Waals surface area contributed by atoms with Gasteiger partial charge in [-0.1, -0.05) is 6.07 Å². The fraction of sp³-hybridized carbons (Fsp3) is 0.231. The van der Waals surface area contributed by atoms with E-state index < -0.39 is 0 Å². The molecule has 0 aliphatic rings. The van der Waals surface area contributed by atoms with Crippen LogP contribution in [0.5, 0.6) is 0 Å². The van der Waals surface area contributed by atoms with Crippen LogP contribution in [0.1, 0.15) is 17.4 Å². The van der Waals surface area contributed by atoms with Crippen molar-refractivity contribution in [2.24, 2.45) is 0 Å². The summed E-state index contributed by atoms with van der Waals surface area (Å²) in [5, 5.41) is 2.32. The summed E-state index contributed by atoms with van der Waals surface area (Å²) in [5.41, 5.74) is 1.06. The van der Waals surface area contributed by atoms with Crippen LogP contribution in [0.2, 0.25) is 0 Å². The molecule has 0 saturated carbocycles. The highest BCUT2D eigenvalue weighted by Crippen LogP contribution is 2.28. The Balaban J connectivity index is 2.32. The Kier molecular flexibility index (Phi) is 4.50. The largest absolute Gasteiger partial charge is 0.318 e. The summed E-state index contributed by atoms with van der Waals surface area (Å²) in [6, 6.07) is 6.28. The summed E-state index contributed by atoms with van der Waals surface area (Å²) in [6.45, 7) is 2.57. The molecule has 0 unspecified atom stereocenters. The lowest BCUT2D eigenvalue weighted by molar-refractivity contribution is 0.101. The SMILES string of the molecule is CCN(c1cccc(F)c1)c1nc(C(=O)CCl)cs1. The second-order valence-corrected chi connectivity index (χ2v) is 4.90. The zero-order valence-electron chi connectivity index (χ0n) is 10.3. The molecule has 1 aromatic carbocycles. The first-order valence-electron chi connectivity index (χ1n) is 5.73. The second-order valence-electron chi connectivity index (χ2n) is 3.80. The fourth-order valence-corrected chi connectivity index (χ4v) is 2.71. The molecule has 2 rings (SSSR count). The molecule has 6 heteroatoms. The molecule has 0 bridgehead atoms. The van der Waals surface area contributed by atoms with E-state index in [9.17, 15) is 9.18 Å². The molecule has 2 aromatic rings. The quantitative estimate of drug-likeness (QED) is 0.621. The van der Waals surface area contributed by atoms with E-state index in [0.717, 1.165) is 0 Å². The number of Topliss-reactive ketones (excluding diaryl/α,β-unsaturated/α-hetero) is 1. The van der Waals surface area contributed by atoms with Crippen LogP contribution < -0.4 is 4.90 Å². The van der Waals surface area contributed by atoms with Gasteiger partial charge in [-0.15, -0.1) is 22.9 Å². The third kappa shape index (κ3) is 3.11. The molecule has 0 N–H and O–H groups in total. The van der Waals surface area contributed by atoms with Gasteiger partial charge in [0.1, 0.15) is 11.5 Å². The molecule has 1 heterocycles. The van der Waals surface area contributed by atoms with Gasteiger partial charge in [-0.2, -0.15) is 0 Å². The van der Waals surface area contributed by atoms with Crippen molar-refractivity contribution in [1.29, 1.82) is 0 Å². The van der Waals surface area contributed by atoms with E-state index in [1.165, 1.54) is 23.5 Å². The van der Waals surface area contributed by atoms with E-state index >= 15 is 0 Å². The maximum Gasteiger partial charge on any atom is 0.196 e. The van der Waals surface area contributed by atoms with Crippen LogP contribution in [0.4, 0.5) is 15.2 Å². The van der Waals surface area contributed by atoms with Crippen LogP contribution in [0.3, 0.4) is 0 Å². The Morgan fingerprint density at radius 1 is 1.53 bits per heavy atom. The zero-order valence-corrected chi connectivity index (χ0v) is 11.8. The van der Waals surface area contributed by atoms with Crippen molar-refractivity contribution in [3.63, 3.8) is 0 Å². The van der Waals surface area contributed by atoms with Crippen molar-refractivity contribution < 1.29 is 9.18 Å². The van der Waals surface area contributed by atoms with Crippen LogP contribution in [0.25, 0.3) is 0 Å². The van der Waals surface area contributed by atoms with Crippen LogP contribution in [-0.4, -0.2) is 23.2 Å². The molecule has 0 radical (unpaired) electrons. The molecular weight excluding hydrogens is 287 g/mol. The molecule has 0 aliphatic carbocycles. The van der Waals surface area contributed by atoms with Gasteiger partial charge < -0.3 is 4.90 Å². The molecule has 3 nitrogen and oxygen atoms in total. The summed E-state index contributed by atoms with van der Waals surface area (Å²) >= 11 is 6.84. The van der Waals surface area contributed by atoms with Crippen LogP contribution >= 0.6 is 22.9 Å².